The molecule has 138 valence electrons. The number of aromatic nitrogens is 1. The zero-order chi connectivity index (χ0) is 18.2. The molecule has 0 unspecified atom stereocenters. The van der Waals surface area contributed by atoms with Crippen molar-refractivity contribution in [1.82, 2.24) is 10.3 Å². The Balaban J connectivity index is 1.47. The molecule has 1 fully saturated rings. The minimum Gasteiger partial charge on any atom is -0.497 e. The molecule has 0 bridgehead atoms. The number of hydrogen-bond donors (Lipinski definition) is 1. The van der Waals surface area contributed by atoms with E-state index in [-0.39, 0.29) is 5.91 Å². The van der Waals surface area contributed by atoms with Crippen LogP contribution in [0.3, 0.4) is 0 Å². The largest absolute Gasteiger partial charge is 0.497 e. The number of benzene rings is 1. The number of piperidine rings is 1. The highest BCUT2D eigenvalue weighted by molar-refractivity contribution is 5.92. The summed E-state index contributed by atoms with van der Waals surface area (Å²) in [6.07, 6.45) is 3.63. The monoisotopic (exact) mass is 355 g/mol. The predicted octanol–water partition coefficient (Wildman–Crippen LogP) is 2.89. The van der Waals surface area contributed by atoms with E-state index in [0.717, 1.165) is 30.4 Å². The average Bonchev–Trinajstić information content (AvgIpc) is 2.72. The van der Waals surface area contributed by atoms with Crippen LogP contribution in [0.15, 0.2) is 42.5 Å². The van der Waals surface area contributed by atoms with E-state index in [2.05, 4.69) is 15.2 Å². The zero-order valence-electron chi connectivity index (χ0n) is 15.1. The Morgan fingerprint density at radius 3 is 2.54 bits per heavy atom. The molecule has 1 aliphatic heterocycles. The summed E-state index contributed by atoms with van der Waals surface area (Å²) in [5, 5.41) is 2.85. The summed E-state index contributed by atoms with van der Waals surface area (Å²) in [6.45, 7) is 2.83. The highest BCUT2D eigenvalue weighted by atomic mass is 16.5. The van der Waals surface area contributed by atoms with Crippen molar-refractivity contribution in [3.8, 4) is 11.5 Å². The third-order valence-electron chi connectivity index (χ3n) is 4.36. The summed E-state index contributed by atoms with van der Waals surface area (Å²) in [5.74, 6) is 2.23. The second-order valence-corrected chi connectivity index (χ2v) is 6.21. The Kier molecular flexibility index (Phi) is 6.30. The number of nitrogens with one attached hydrogen (secondary N) is 1. The number of hydrogen-bond acceptors (Lipinski definition) is 5. The van der Waals surface area contributed by atoms with Crippen molar-refractivity contribution in [3.63, 3.8) is 0 Å². The molecule has 0 saturated carbocycles. The molecule has 26 heavy (non-hydrogen) atoms. The van der Waals surface area contributed by atoms with Gasteiger partial charge in [0.25, 0.3) is 5.91 Å². The summed E-state index contributed by atoms with van der Waals surface area (Å²) in [7, 11) is 1.62. The quantitative estimate of drug-likeness (QED) is 0.774. The molecule has 1 amide bonds. The van der Waals surface area contributed by atoms with Crippen molar-refractivity contribution in [2.75, 3.05) is 38.3 Å². The van der Waals surface area contributed by atoms with Gasteiger partial charge in [0.1, 0.15) is 29.6 Å². The van der Waals surface area contributed by atoms with E-state index >= 15 is 0 Å². The zero-order valence-corrected chi connectivity index (χ0v) is 15.1. The van der Waals surface area contributed by atoms with Gasteiger partial charge in [-0.3, -0.25) is 4.79 Å². The molecule has 0 aliphatic carbocycles. The van der Waals surface area contributed by atoms with Gasteiger partial charge in [-0.15, -0.1) is 0 Å². The Hall–Kier alpha value is -2.76. The van der Waals surface area contributed by atoms with Crippen molar-refractivity contribution >= 4 is 11.7 Å². The lowest BCUT2D eigenvalue weighted by molar-refractivity contribution is 0.0942. The van der Waals surface area contributed by atoms with Crippen LogP contribution in [0.5, 0.6) is 11.5 Å². The number of carbonyl (C=O) groups excluding carboxylic acids is 1. The second kappa shape index (κ2) is 9.08. The lowest BCUT2D eigenvalue weighted by Crippen LogP contribution is -2.32. The van der Waals surface area contributed by atoms with Gasteiger partial charge in [0.2, 0.25) is 0 Å². The maximum Gasteiger partial charge on any atom is 0.270 e. The fourth-order valence-electron chi connectivity index (χ4n) is 2.94. The summed E-state index contributed by atoms with van der Waals surface area (Å²) in [5.41, 5.74) is 0.442. The van der Waals surface area contributed by atoms with Crippen LogP contribution in [0.25, 0.3) is 0 Å². The normalized spacial score (nSPS) is 14.0. The third kappa shape index (κ3) is 4.88. The van der Waals surface area contributed by atoms with E-state index in [0.29, 0.717) is 18.8 Å². The lowest BCUT2D eigenvalue weighted by atomic mass is 10.1. The number of anilines is 1. The number of ether oxygens (including phenoxy) is 2. The smallest absolute Gasteiger partial charge is 0.270 e. The molecule has 1 N–H and O–H groups in total. The number of rotatable bonds is 7. The first-order chi connectivity index (χ1) is 12.8. The topological polar surface area (TPSA) is 63.7 Å². The van der Waals surface area contributed by atoms with Gasteiger partial charge in [-0.2, -0.15) is 0 Å². The standard InChI is InChI=1S/C20H25N3O3/c1-25-16-8-10-17(11-9-16)26-15-12-21-20(24)18-6-5-7-19(22-18)23-13-3-2-4-14-23/h5-11H,2-4,12-15H2,1H3,(H,21,24). The average molecular weight is 355 g/mol. The minimum absolute atomic E-state index is 0.179. The van der Waals surface area contributed by atoms with Crippen molar-refractivity contribution in [2.24, 2.45) is 0 Å². The van der Waals surface area contributed by atoms with Crippen LogP contribution in [0.1, 0.15) is 29.8 Å². The van der Waals surface area contributed by atoms with E-state index in [1.807, 2.05) is 36.4 Å². The van der Waals surface area contributed by atoms with Gasteiger partial charge in [-0.25, -0.2) is 4.98 Å². The van der Waals surface area contributed by atoms with Crippen LogP contribution < -0.4 is 19.7 Å². The summed E-state index contributed by atoms with van der Waals surface area (Å²) in [6, 6.07) is 12.9. The first-order valence-electron chi connectivity index (χ1n) is 9.03. The summed E-state index contributed by atoms with van der Waals surface area (Å²) < 4.78 is 10.7. The molecule has 1 aromatic heterocycles. The Bertz CT molecular complexity index is 712. The highest BCUT2D eigenvalue weighted by Crippen LogP contribution is 2.18. The molecule has 0 radical (unpaired) electrons. The van der Waals surface area contributed by atoms with E-state index in [9.17, 15) is 4.79 Å². The Labute approximate surface area is 154 Å². The molecule has 0 atom stereocenters. The van der Waals surface area contributed by atoms with Crippen LogP contribution in [0.4, 0.5) is 5.82 Å². The molecule has 2 aromatic rings. The van der Waals surface area contributed by atoms with Gasteiger partial charge >= 0.3 is 0 Å². The van der Waals surface area contributed by atoms with Crippen LogP contribution in [0.2, 0.25) is 0 Å². The SMILES string of the molecule is COc1ccc(OCCNC(=O)c2cccc(N3CCCCC3)n2)cc1. The van der Waals surface area contributed by atoms with Crippen molar-refractivity contribution in [1.29, 1.82) is 0 Å². The molecule has 2 heterocycles. The van der Waals surface area contributed by atoms with Crippen molar-refractivity contribution in [2.45, 2.75) is 19.3 Å². The van der Waals surface area contributed by atoms with E-state index in [4.69, 9.17) is 9.47 Å². The molecule has 1 saturated heterocycles. The van der Waals surface area contributed by atoms with Gasteiger partial charge in [0.15, 0.2) is 0 Å². The van der Waals surface area contributed by atoms with Gasteiger partial charge in [-0.1, -0.05) is 6.07 Å². The van der Waals surface area contributed by atoms with Gasteiger partial charge in [0, 0.05) is 13.1 Å². The molecule has 1 aliphatic rings. The second-order valence-electron chi connectivity index (χ2n) is 6.21. The van der Waals surface area contributed by atoms with Crippen LogP contribution in [-0.2, 0) is 0 Å². The fourth-order valence-corrected chi connectivity index (χ4v) is 2.94. The van der Waals surface area contributed by atoms with Crippen LogP contribution in [-0.4, -0.2) is 44.2 Å². The Morgan fingerprint density at radius 2 is 1.81 bits per heavy atom. The molecule has 3 rings (SSSR count). The summed E-state index contributed by atoms with van der Waals surface area (Å²) >= 11 is 0. The molecule has 1 aromatic carbocycles. The fraction of sp³-hybridized carbons (Fsp3) is 0.400. The number of carbonyl (C=O) groups is 1. The maximum absolute atomic E-state index is 12.3. The van der Waals surface area contributed by atoms with Crippen molar-refractivity contribution in [3.05, 3.63) is 48.2 Å². The van der Waals surface area contributed by atoms with E-state index in [1.165, 1.54) is 19.3 Å². The Morgan fingerprint density at radius 1 is 1.08 bits per heavy atom. The van der Waals surface area contributed by atoms with Crippen molar-refractivity contribution < 1.29 is 14.3 Å². The van der Waals surface area contributed by atoms with Gasteiger partial charge in [-0.05, 0) is 55.7 Å². The number of nitrogens with zero attached hydrogens (tertiary/aromatic N) is 2. The number of amides is 1. The van der Waals surface area contributed by atoms with E-state index in [1.54, 1.807) is 13.2 Å². The molecule has 6 nitrogen and oxygen atoms in total. The molecule has 6 heteroatoms. The number of pyridine rings is 1. The minimum atomic E-state index is -0.179. The molecular weight excluding hydrogens is 330 g/mol. The highest BCUT2D eigenvalue weighted by Gasteiger charge is 2.14. The number of methoxy groups -OCH3 is 1. The van der Waals surface area contributed by atoms with Gasteiger partial charge in [0.05, 0.1) is 13.7 Å². The summed E-state index contributed by atoms with van der Waals surface area (Å²) in [4.78, 5) is 19.1. The first kappa shape index (κ1) is 18.0. The third-order valence-corrected chi connectivity index (χ3v) is 4.36. The predicted molar refractivity (Wildman–Crippen MR) is 101 cm³/mol. The first-order valence-corrected chi connectivity index (χ1v) is 9.03. The molecule has 0 spiro atoms. The lowest BCUT2D eigenvalue weighted by Gasteiger charge is -2.27. The van der Waals surface area contributed by atoms with Crippen LogP contribution >= 0.6 is 0 Å². The van der Waals surface area contributed by atoms with Gasteiger partial charge < -0.3 is 19.7 Å². The molecular formula is C20H25N3O3. The van der Waals surface area contributed by atoms with E-state index < -0.39 is 0 Å². The van der Waals surface area contributed by atoms with Crippen LogP contribution in [0, 0.1) is 0 Å². The maximum atomic E-state index is 12.3.